The highest BCUT2D eigenvalue weighted by atomic mass is 16.2. The highest BCUT2D eigenvalue weighted by Gasteiger charge is 2.12. The van der Waals surface area contributed by atoms with Crippen molar-refractivity contribution in [1.29, 1.82) is 0 Å². The minimum atomic E-state index is -0.0701. The second-order valence-electron chi connectivity index (χ2n) is 4.55. The molecule has 19 heavy (non-hydrogen) atoms. The summed E-state index contributed by atoms with van der Waals surface area (Å²) >= 11 is 0. The molecule has 0 spiro atoms. The molecule has 0 aliphatic rings. The Hall–Kier alpha value is -2.49. The van der Waals surface area contributed by atoms with Gasteiger partial charge >= 0.3 is 0 Å². The number of nitrogens with zero attached hydrogens (tertiary/aromatic N) is 3. The lowest BCUT2D eigenvalue weighted by Crippen LogP contribution is -2.15. The Balaban J connectivity index is 1.92. The summed E-state index contributed by atoms with van der Waals surface area (Å²) in [4.78, 5) is 12.3. The highest BCUT2D eigenvalue weighted by Crippen LogP contribution is 2.11. The van der Waals surface area contributed by atoms with E-state index in [9.17, 15) is 4.79 Å². The van der Waals surface area contributed by atoms with Crippen LogP contribution in [0.3, 0.4) is 0 Å². The summed E-state index contributed by atoms with van der Waals surface area (Å²) < 4.78 is 1.37. The summed E-state index contributed by atoms with van der Waals surface area (Å²) in [6, 6.07) is 15.4. The third-order valence-corrected chi connectivity index (χ3v) is 3.03. The molecule has 0 aliphatic heterocycles. The van der Waals surface area contributed by atoms with E-state index in [1.54, 1.807) is 0 Å². The van der Waals surface area contributed by atoms with E-state index in [1.165, 1.54) is 4.68 Å². The predicted octanol–water partition coefficient (Wildman–Crippen LogP) is 2.62. The maximum absolute atomic E-state index is 12.3. The Labute approximate surface area is 110 Å². The first-order chi connectivity index (χ1) is 9.24. The third kappa shape index (κ3) is 2.25. The van der Waals surface area contributed by atoms with Crippen LogP contribution >= 0.6 is 0 Å². The van der Waals surface area contributed by atoms with Gasteiger partial charge in [0.2, 0.25) is 0 Å². The first-order valence-electron chi connectivity index (χ1n) is 6.13. The largest absolute Gasteiger partial charge is 0.272 e. The van der Waals surface area contributed by atoms with E-state index in [-0.39, 0.29) is 5.91 Å². The van der Waals surface area contributed by atoms with Gasteiger partial charge in [0.25, 0.3) is 5.91 Å². The maximum atomic E-state index is 12.3. The molecule has 1 aromatic heterocycles. The summed E-state index contributed by atoms with van der Waals surface area (Å²) in [5.74, 6) is -0.0701. The van der Waals surface area contributed by atoms with E-state index in [1.807, 2.05) is 55.5 Å². The summed E-state index contributed by atoms with van der Waals surface area (Å²) in [6.45, 7) is 2.01. The Kier molecular flexibility index (Phi) is 2.83. The fourth-order valence-corrected chi connectivity index (χ4v) is 2.12. The van der Waals surface area contributed by atoms with Crippen LogP contribution in [-0.2, 0) is 6.42 Å². The monoisotopic (exact) mass is 251 g/mol. The molecular formula is C15H13N3O. The third-order valence-electron chi connectivity index (χ3n) is 3.03. The normalized spacial score (nSPS) is 10.8. The summed E-state index contributed by atoms with van der Waals surface area (Å²) in [6.07, 6.45) is 0.328. The van der Waals surface area contributed by atoms with Gasteiger partial charge in [-0.2, -0.15) is 4.68 Å². The van der Waals surface area contributed by atoms with Crippen molar-refractivity contribution >= 4 is 16.9 Å². The van der Waals surface area contributed by atoms with Gasteiger partial charge in [-0.3, -0.25) is 4.79 Å². The van der Waals surface area contributed by atoms with Crippen molar-refractivity contribution in [3.8, 4) is 0 Å². The average molecular weight is 251 g/mol. The van der Waals surface area contributed by atoms with Gasteiger partial charge in [-0.1, -0.05) is 47.2 Å². The van der Waals surface area contributed by atoms with Crippen molar-refractivity contribution in [1.82, 2.24) is 15.0 Å². The number of fused-ring (bicyclic) bond motifs is 1. The molecule has 0 bridgehead atoms. The molecule has 2 aromatic carbocycles. The highest BCUT2D eigenvalue weighted by molar-refractivity contribution is 5.89. The first-order valence-corrected chi connectivity index (χ1v) is 6.13. The number of aromatic nitrogens is 3. The number of aryl methyl sites for hydroxylation is 1. The van der Waals surface area contributed by atoms with Crippen LogP contribution in [-0.4, -0.2) is 20.9 Å². The zero-order valence-electron chi connectivity index (χ0n) is 10.6. The van der Waals surface area contributed by atoms with Gasteiger partial charge in [-0.25, -0.2) is 0 Å². The fourth-order valence-electron chi connectivity index (χ4n) is 2.12. The Morgan fingerprint density at radius 1 is 1.16 bits per heavy atom. The van der Waals surface area contributed by atoms with Crippen LogP contribution in [0.5, 0.6) is 0 Å². The Morgan fingerprint density at radius 3 is 2.84 bits per heavy atom. The molecule has 0 aliphatic carbocycles. The van der Waals surface area contributed by atoms with Crippen molar-refractivity contribution in [3.63, 3.8) is 0 Å². The summed E-state index contributed by atoms with van der Waals surface area (Å²) in [5, 5.41) is 7.92. The molecule has 3 aromatic rings. The zero-order chi connectivity index (χ0) is 13.2. The minimum Gasteiger partial charge on any atom is -0.272 e. The fraction of sp³-hybridized carbons (Fsp3) is 0.133. The van der Waals surface area contributed by atoms with Crippen molar-refractivity contribution in [2.45, 2.75) is 13.3 Å². The number of para-hydroxylation sites is 1. The standard InChI is InChI=1S/C15H13N3O/c1-11-5-4-6-12(9-11)10-15(19)18-14-8-3-2-7-13(14)16-17-18/h2-9H,10H2,1H3. The molecule has 0 N–H and O–H groups in total. The van der Waals surface area contributed by atoms with Crippen molar-refractivity contribution < 1.29 is 4.79 Å². The van der Waals surface area contributed by atoms with Gasteiger partial charge in [0.15, 0.2) is 0 Å². The van der Waals surface area contributed by atoms with Gasteiger partial charge in [0, 0.05) is 0 Å². The molecule has 3 rings (SSSR count). The maximum Gasteiger partial charge on any atom is 0.253 e. The molecule has 94 valence electrons. The molecule has 4 nitrogen and oxygen atoms in total. The molecule has 0 fully saturated rings. The van der Waals surface area contributed by atoms with Crippen LogP contribution in [0.4, 0.5) is 0 Å². The van der Waals surface area contributed by atoms with Gasteiger partial charge in [0.05, 0.1) is 11.9 Å². The molecule has 4 heteroatoms. The van der Waals surface area contributed by atoms with Crippen LogP contribution in [0.1, 0.15) is 15.9 Å². The minimum absolute atomic E-state index is 0.0701. The lowest BCUT2D eigenvalue weighted by molar-refractivity contribution is 0.0901. The van der Waals surface area contributed by atoms with E-state index in [0.717, 1.165) is 22.2 Å². The summed E-state index contributed by atoms with van der Waals surface area (Å²) in [7, 11) is 0. The van der Waals surface area contributed by atoms with Gasteiger partial charge in [-0.15, -0.1) is 5.10 Å². The first kappa shape index (κ1) is 11.6. The molecule has 0 saturated carbocycles. The molecule has 0 atom stereocenters. The number of carbonyl (C=O) groups is 1. The number of hydrogen-bond acceptors (Lipinski definition) is 3. The van der Waals surface area contributed by atoms with E-state index in [0.29, 0.717) is 6.42 Å². The van der Waals surface area contributed by atoms with E-state index in [2.05, 4.69) is 10.3 Å². The van der Waals surface area contributed by atoms with Crippen molar-refractivity contribution in [2.75, 3.05) is 0 Å². The second-order valence-corrected chi connectivity index (χ2v) is 4.55. The van der Waals surface area contributed by atoms with Crippen LogP contribution in [0, 0.1) is 6.92 Å². The topological polar surface area (TPSA) is 47.8 Å². The lowest BCUT2D eigenvalue weighted by Gasteiger charge is -2.02. The Morgan fingerprint density at radius 2 is 2.00 bits per heavy atom. The lowest BCUT2D eigenvalue weighted by atomic mass is 10.1. The molecule has 1 heterocycles. The molecule has 0 amide bonds. The van der Waals surface area contributed by atoms with Crippen LogP contribution in [0.2, 0.25) is 0 Å². The van der Waals surface area contributed by atoms with Crippen LogP contribution in [0.25, 0.3) is 11.0 Å². The van der Waals surface area contributed by atoms with Crippen molar-refractivity contribution in [2.24, 2.45) is 0 Å². The Bertz CT molecular complexity index is 746. The van der Waals surface area contributed by atoms with Gasteiger partial charge in [0.1, 0.15) is 5.52 Å². The summed E-state index contributed by atoms with van der Waals surface area (Å²) in [5.41, 5.74) is 3.62. The van der Waals surface area contributed by atoms with Gasteiger partial charge in [-0.05, 0) is 24.6 Å². The van der Waals surface area contributed by atoms with Crippen LogP contribution < -0.4 is 0 Å². The number of carbonyl (C=O) groups excluding carboxylic acids is 1. The molecular weight excluding hydrogens is 238 g/mol. The van der Waals surface area contributed by atoms with E-state index in [4.69, 9.17) is 0 Å². The number of rotatable bonds is 2. The van der Waals surface area contributed by atoms with E-state index >= 15 is 0 Å². The molecule has 0 saturated heterocycles. The molecule has 0 radical (unpaired) electrons. The predicted molar refractivity (Wildman–Crippen MR) is 73.0 cm³/mol. The quantitative estimate of drug-likeness (QED) is 0.703. The molecule has 0 unspecified atom stereocenters. The SMILES string of the molecule is Cc1cccc(CC(=O)n2nnc3ccccc32)c1. The smallest absolute Gasteiger partial charge is 0.253 e. The van der Waals surface area contributed by atoms with Crippen molar-refractivity contribution in [3.05, 3.63) is 59.7 Å². The average Bonchev–Trinajstić information content (AvgIpc) is 2.82. The second kappa shape index (κ2) is 4.65. The van der Waals surface area contributed by atoms with E-state index < -0.39 is 0 Å². The number of hydrogen-bond donors (Lipinski definition) is 0. The van der Waals surface area contributed by atoms with Gasteiger partial charge < -0.3 is 0 Å². The number of benzene rings is 2. The zero-order valence-corrected chi connectivity index (χ0v) is 10.6. The van der Waals surface area contributed by atoms with Crippen LogP contribution in [0.15, 0.2) is 48.5 Å².